The fraction of sp³-hybridized carbons (Fsp3) is 0.308. The van der Waals surface area contributed by atoms with Gasteiger partial charge in [0.15, 0.2) is 5.13 Å². The molecule has 2 N–H and O–H groups in total. The molecule has 35 heavy (non-hydrogen) atoms. The van der Waals surface area contributed by atoms with E-state index in [1.54, 1.807) is 10.3 Å². The fourth-order valence-electron chi connectivity index (χ4n) is 4.84. The van der Waals surface area contributed by atoms with Gasteiger partial charge in [0.1, 0.15) is 6.61 Å². The SMILES string of the molecule is O=C(Nc1nc(CC(=O)N2CCCC(C(=O)O)C2)cs1)OCC1c2ccccc2-c2ccccc21. The number of nitrogens with zero attached hydrogens (tertiary/aromatic N) is 2. The number of piperidine rings is 1. The molecule has 180 valence electrons. The van der Waals surface area contributed by atoms with Crippen LogP contribution in [0.25, 0.3) is 11.1 Å². The molecule has 1 atom stereocenters. The third kappa shape index (κ3) is 4.90. The Kier molecular flexibility index (Phi) is 6.50. The fourth-order valence-corrected chi connectivity index (χ4v) is 5.54. The van der Waals surface area contributed by atoms with Crippen LogP contribution < -0.4 is 5.32 Å². The maximum absolute atomic E-state index is 12.6. The summed E-state index contributed by atoms with van der Waals surface area (Å²) in [6.45, 7) is 0.983. The Bertz CT molecular complexity index is 1230. The summed E-state index contributed by atoms with van der Waals surface area (Å²) < 4.78 is 5.55. The minimum absolute atomic E-state index is 0.0307. The van der Waals surface area contributed by atoms with Gasteiger partial charge in [0, 0.05) is 24.4 Å². The van der Waals surface area contributed by atoms with Crippen molar-refractivity contribution < 1.29 is 24.2 Å². The Morgan fingerprint density at radius 2 is 1.77 bits per heavy atom. The number of carbonyl (C=O) groups excluding carboxylic acids is 2. The van der Waals surface area contributed by atoms with Gasteiger partial charge in [-0.25, -0.2) is 9.78 Å². The first-order valence-electron chi connectivity index (χ1n) is 11.6. The van der Waals surface area contributed by atoms with Gasteiger partial charge in [-0.3, -0.25) is 14.9 Å². The molecule has 8 nitrogen and oxygen atoms in total. The average Bonchev–Trinajstić information content (AvgIpc) is 3.44. The molecule has 2 heterocycles. The van der Waals surface area contributed by atoms with Crippen LogP contribution in [-0.4, -0.2) is 52.7 Å². The van der Waals surface area contributed by atoms with E-state index >= 15 is 0 Å². The second-order valence-corrected chi connectivity index (χ2v) is 9.65. The van der Waals surface area contributed by atoms with E-state index < -0.39 is 18.0 Å². The molecule has 0 bridgehead atoms. The van der Waals surface area contributed by atoms with E-state index in [-0.39, 0.29) is 31.4 Å². The molecule has 5 rings (SSSR count). The monoisotopic (exact) mass is 491 g/mol. The Morgan fingerprint density at radius 1 is 1.09 bits per heavy atom. The predicted molar refractivity (Wildman–Crippen MR) is 131 cm³/mol. The number of aromatic nitrogens is 1. The number of carboxylic acid groups (broad SMARTS) is 1. The lowest BCUT2D eigenvalue weighted by molar-refractivity contribution is -0.145. The van der Waals surface area contributed by atoms with Crippen LogP contribution in [0.3, 0.4) is 0 Å². The van der Waals surface area contributed by atoms with E-state index in [4.69, 9.17) is 4.74 Å². The molecule has 1 aliphatic carbocycles. The number of hydrogen-bond donors (Lipinski definition) is 2. The third-order valence-corrected chi connectivity index (χ3v) is 7.37. The van der Waals surface area contributed by atoms with Crippen LogP contribution in [0.4, 0.5) is 9.93 Å². The van der Waals surface area contributed by atoms with Crippen molar-refractivity contribution in [3.8, 4) is 11.1 Å². The molecule has 1 aliphatic heterocycles. The number of rotatable bonds is 6. The van der Waals surface area contributed by atoms with Crippen molar-refractivity contribution in [1.29, 1.82) is 0 Å². The minimum Gasteiger partial charge on any atom is -0.481 e. The number of likely N-dealkylation sites (tertiary alicyclic amines) is 1. The van der Waals surface area contributed by atoms with Gasteiger partial charge in [0.25, 0.3) is 0 Å². The number of fused-ring (bicyclic) bond motifs is 3. The van der Waals surface area contributed by atoms with Gasteiger partial charge in [-0.1, -0.05) is 48.5 Å². The van der Waals surface area contributed by atoms with Crippen LogP contribution in [0, 0.1) is 5.92 Å². The van der Waals surface area contributed by atoms with Crippen molar-refractivity contribution in [2.24, 2.45) is 5.92 Å². The first kappa shape index (κ1) is 23.0. The lowest BCUT2D eigenvalue weighted by Gasteiger charge is -2.30. The second-order valence-electron chi connectivity index (χ2n) is 8.79. The zero-order valence-electron chi connectivity index (χ0n) is 19.0. The summed E-state index contributed by atoms with van der Waals surface area (Å²) in [5.41, 5.74) is 5.13. The molecule has 1 unspecified atom stereocenters. The highest BCUT2D eigenvalue weighted by atomic mass is 32.1. The van der Waals surface area contributed by atoms with Crippen molar-refractivity contribution in [3.05, 3.63) is 70.7 Å². The Balaban J connectivity index is 1.16. The van der Waals surface area contributed by atoms with E-state index in [0.29, 0.717) is 30.2 Å². The maximum Gasteiger partial charge on any atom is 0.413 e. The zero-order valence-corrected chi connectivity index (χ0v) is 19.8. The molecule has 1 saturated heterocycles. The summed E-state index contributed by atoms with van der Waals surface area (Å²) in [6.07, 6.45) is 0.729. The van der Waals surface area contributed by atoms with Gasteiger partial charge < -0.3 is 14.7 Å². The number of amides is 2. The molecule has 0 radical (unpaired) electrons. The van der Waals surface area contributed by atoms with E-state index in [0.717, 1.165) is 22.3 Å². The summed E-state index contributed by atoms with van der Waals surface area (Å²) in [7, 11) is 0. The summed E-state index contributed by atoms with van der Waals surface area (Å²) in [5.74, 6) is -1.58. The van der Waals surface area contributed by atoms with Crippen molar-refractivity contribution >= 4 is 34.4 Å². The summed E-state index contributed by atoms with van der Waals surface area (Å²) in [4.78, 5) is 42.2. The highest BCUT2D eigenvalue weighted by molar-refractivity contribution is 7.13. The number of carbonyl (C=O) groups is 3. The molecule has 2 amide bonds. The lowest BCUT2D eigenvalue weighted by atomic mass is 9.98. The minimum atomic E-state index is -0.870. The Labute approximate surface area is 206 Å². The smallest absolute Gasteiger partial charge is 0.413 e. The van der Waals surface area contributed by atoms with Gasteiger partial charge in [-0.05, 0) is 35.1 Å². The number of aliphatic carboxylic acids is 1. The zero-order chi connectivity index (χ0) is 24.4. The van der Waals surface area contributed by atoms with Gasteiger partial charge in [-0.2, -0.15) is 0 Å². The molecular weight excluding hydrogens is 466 g/mol. The Morgan fingerprint density at radius 3 is 2.46 bits per heavy atom. The summed E-state index contributed by atoms with van der Waals surface area (Å²) in [5, 5.41) is 13.9. The van der Waals surface area contributed by atoms with Crippen LogP contribution in [-0.2, 0) is 20.7 Å². The van der Waals surface area contributed by atoms with Crippen LogP contribution in [0.15, 0.2) is 53.9 Å². The molecule has 0 saturated carbocycles. The summed E-state index contributed by atoms with van der Waals surface area (Å²) >= 11 is 1.22. The molecule has 0 spiro atoms. The van der Waals surface area contributed by atoms with Crippen molar-refractivity contribution in [1.82, 2.24) is 9.88 Å². The van der Waals surface area contributed by atoms with E-state index in [9.17, 15) is 19.5 Å². The van der Waals surface area contributed by atoms with Crippen LogP contribution in [0.2, 0.25) is 0 Å². The molecule has 2 aliphatic rings. The largest absolute Gasteiger partial charge is 0.481 e. The van der Waals surface area contributed by atoms with Crippen molar-refractivity contribution in [2.75, 3.05) is 25.0 Å². The number of thiazole rings is 1. The van der Waals surface area contributed by atoms with Crippen LogP contribution in [0.5, 0.6) is 0 Å². The first-order valence-corrected chi connectivity index (χ1v) is 12.4. The topological polar surface area (TPSA) is 109 Å². The number of hydrogen-bond acceptors (Lipinski definition) is 6. The van der Waals surface area contributed by atoms with Crippen LogP contribution in [0.1, 0.15) is 35.6 Å². The van der Waals surface area contributed by atoms with Crippen LogP contribution >= 0.6 is 11.3 Å². The molecule has 1 aromatic heterocycles. The third-order valence-electron chi connectivity index (χ3n) is 6.56. The first-order chi connectivity index (χ1) is 17.0. The van der Waals surface area contributed by atoms with E-state index in [1.807, 2.05) is 24.3 Å². The van der Waals surface area contributed by atoms with Crippen molar-refractivity contribution in [2.45, 2.75) is 25.2 Å². The molecule has 1 fully saturated rings. The average molecular weight is 492 g/mol. The van der Waals surface area contributed by atoms with Crippen molar-refractivity contribution in [3.63, 3.8) is 0 Å². The quantitative estimate of drug-likeness (QED) is 0.530. The van der Waals surface area contributed by atoms with E-state index in [2.05, 4.69) is 34.6 Å². The number of carboxylic acids is 1. The second kappa shape index (κ2) is 9.87. The normalized spacial score (nSPS) is 16.9. The number of nitrogens with one attached hydrogen (secondary N) is 1. The van der Waals surface area contributed by atoms with Gasteiger partial charge in [0.2, 0.25) is 5.91 Å². The highest BCUT2D eigenvalue weighted by Gasteiger charge is 2.30. The molecule has 9 heteroatoms. The van der Waals surface area contributed by atoms with Gasteiger partial charge in [-0.15, -0.1) is 11.3 Å². The predicted octanol–water partition coefficient (Wildman–Crippen LogP) is 4.37. The lowest BCUT2D eigenvalue weighted by Crippen LogP contribution is -2.43. The number of benzene rings is 2. The van der Waals surface area contributed by atoms with Gasteiger partial charge in [0.05, 0.1) is 18.0 Å². The molecular formula is C26H25N3O5S. The molecule has 2 aromatic carbocycles. The molecule has 3 aromatic rings. The highest BCUT2D eigenvalue weighted by Crippen LogP contribution is 2.44. The van der Waals surface area contributed by atoms with Gasteiger partial charge >= 0.3 is 12.1 Å². The maximum atomic E-state index is 12.6. The number of ether oxygens (including phenoxy) is 1. The summed E-state index contributed by atoms with van der Waals surface area (Å²) in [6, 6.07) is 16.3. The van der Waals surface area contributed by atoms with E-state index in [1.165, 1.54) is 11.3 Å². The standard InChI is InChI=1S/C26H25N3O5S/c30-23(29-11-5-6-16(13-29)24(31)32)12-17-15-35-25(27-17)28-26(33)34-14-22-20-9-3-1-7-18(20)19-8-2-4-10-21(19)22/h1-4,7-10,15-16,22H,5-6,11-14H2,(H,31,32)(H,27,28,33). The number of anilines is 1. The Hall–Kier alpha value is -3.72.